The van der Waals surface area contributed by atoms with Crippen LogP contribution in [0.4, 0.5) is 26.7 Å². The van der Waals surface area contributed by atoms with Crippen LogP contribution in [-0.4, -0.2) is 32.3 Å². The van der Waals surface area contributed by atoms with Crippen LogP contribution in [-0.2, 0) is 6.54 Å². The van der Waals surface area contributed by atoms with Crippen LogP contribution in [0.5, 0.6) is 0 Å². The van der Waals surface area contributed by atoms with Crippen LogP contribution in [0.3, 0.4) is 0 Å². The predicted molar refractivity (Wildman–Crippen MR) is 130 cm³/mol. The zero-order chi connectivity index (χ0) is 23.9. The molecule has 1 aromatic heterocycles. The van der Waals surface area contributed by atoms with E-state index >= 15 is 0 Å². The Balaban J connectivity index is 1.32. The number of benzene rings is 3. The molecule has 172 valence electrons. The van der Waals surface area contributed by atoms with E-state index in [1.54, 1.807) is 24.3 Å². The maximum Gasteiger partial charge on any atom is 0.323 e. The molecule has 4 aromatic rings. The first-order valence-electron chi connectivity index (χ1n) is 10.6. The van der Waals surface area contributed by atoms with Crippen molar-refractivity contribution in [3.05, 3.63) is 89.7 Å². The van der Waals surface area contributed by atoms with Gasteiger partial charge in [-0.2, -0.15) is 0 Å². The van der Waals surface area contributed by atoms with Gasteiger partial charge in [-0.15, -0.1) is 5.10 Å². The molecular formula is C24H24N8O2. The third-order valence-electron chi connectivity index (χ3n) is 4.98. The second kappa shape index (κ2) is 10.3. The maximum atomic E-state index is 12.4. The van der Waals surface area contributed by atoms with Gasteiger partial charge in [0.1, 0.15) is 6.33 Å². The molecule has 0 aliphatic rings. The summed E-state index contributed by atoms with van der Waals surface area (Å²) < 4.78 is 1.53. The maximum absolute atomic E-state index is 12.4. The molecule has 0 bridgehead atoms. The van der Waals surface area contributed by atoms with Crippen molar-refractivity contribution in [3.8, 4) is 5.69 Å². The van der Waals surface area contributed by atoms with Crippen molar-refractivity contribution in [2.24, 2.45) is 0 Å². The van der Waals surface area contributed by atoms with E-state index in [1.807, 2.05) is 56.3 Å². The minimum Gasteiger partial charge on any atom is -0.334 e. The lowest BCUT2D eigenvalue weighted by atomic mass is 10.2. The fraction of sp³-hybridized carbons (Fsp3) is 0.125. The van der Waals surface area contributed by atoms with Crippen molar-refractivity contribution in [2.45, 2.75) is 20.4 Å². The minimum atomic E-state index is -0.359. The molecule has 0 saturated carbocycles. The molecule has 0 unspecified atom stereocenters. The van der Waals surface area contributed by atoms with E-state index in [1.165, 1.54) is 11.0 Å². The molecule has 4 N–H and O–H groups in total. The number of anilines is 3. The molecular weight excluding hydrogens is 432 g/mol. The van der Waals surface area contributed by atoms with Gasteiger partial charge in [0.2, 0.25) is 0 Å². The fourth-order valence-electron chi connectivity index (χ4n) is 3.34. The topological polar surface area (TPSA) is 126 Å². The van der Waals surface area contributed by atoms with Crippen LogP contribution in [0.2, 0.25) is 0 Å². The zero-order valence-electron chi connectivity index (χ0n) is 18.7. The molecule has 3 aromatic carbocycles. The molecule has 34 heavy (non-hydrogen) atoms. The van der Waals surface area contributed by atoms with Crippen molar-refractivity contribution in [2.75, 3.05) is 16.0 Å². The molecule has 1 heterocycles. The van der Waals surface area contributed by atoms with Gasteiger partial charge in [-0.05, 0) is 77.4 Å². The summed E-state index contributed by atoms with van der Waals surface area (Å²) in [5.41, 5.74) is 5.57. The second-order valence-corrected chi connectivity index (χ2v) is 7.71. The molecule has 4 rings (SSSR count). The van der Waals surface area contributed by atoms with Crippen molar-refractivity contribution >= 4 is 29.1 Å². The number of hydrogen-bond donors (Lipinski definition) is 4. The standard InChI is InChI=1S/C24H24N8O2/c1-16-5-3-7-19(11-16)28-24(34)29-20-8-4-6-18(12-20)14-25-23(33)27-21-10-9-17(2)22(13-21)32-15-26-30-31-32/h3-13,15H,14H2,1-2H3,(H2,25,27,33)(H2,28,29,34). The van der Waals surface area contributed by atoms with Crippen molar-refractivity contribution in [3.63, 3.8) is 0 Å². The van der Waals surface area contributed by atoms with E-state index in [9.17, 15) is 9.59 Å². The molecule has 0 radical (unpaired) electrons. The Morgan fingerprint density at radius 1 is 0.824 bits per heavy atom. The molecule has 0 atom stereocenters. The summed E-state index contributed by atoms with van der Waals surface area (Å²) in [4.78, 5) is 24.7. The third-order valence-corrected chi connectivity index (χ3v) is 4.98. The van der Waals surface area contributed by atoms with Crippen LogP contribution in [0, 0.1) is 13.8 Å². The molecule has 4 amide bonds. The van der Waals surface area contributed by atoms with E-state index in [0.717, 1.165) is 22.4 Å². The summed E-state index contributed by atoms with van der Waals surface area (Å²) in [6.45, 7) is 4.18. The van der Waals surface area contributed by atoms with Gasteiger partial charge >= 0.3 is 12.1 Å². The van der Waals surface area contributed by atoms with E-state index < -0.39 is 0 Å². The highest BCUT2D eigenvalue weighted by atomic mass is 16.2. The molecule has 0 spiro atoms. The van der Waals surface area contributed by atoms with E-state index in [0.29, 0.717) is 17.1 Å². The summed E-state index contributed by atoms with van der Waals surface area (Å²) in [7, 11) is 0. The van der Waals surface area contributed by atoms with Gasteiger partial charge in [0.15, 0.2) is 0 Å². The molecule has 10 nitrogen and oxygen atoms in total. The van der Waals surface area contributed by atoms with Crippen LogP contribution in [0.15, 0.2) is 73.1 Å². The van der Waals surface area contributed by atoms with Crippen LogP contribution < -0.4 is 21.3 Å². The molecule has 0 fully saturated rings. The van der Waals surface area contributed by atoms with E-state index in [4.69, 9.17) is 0 Å². The number of aryl methyl sites for hydroxylation is 2. The Kier molecular flexibility index (Phi) is 6.78. The molecule has 0 aliphatic carbocycles. The number of tetrazole rings is 1. The van der Waals surface area contributed by atoms with Crippen molar-refractivity contribution < 1.29 is 9.59 Å². The average Bonchev–Trinajstić information content (AvgIpc) is 3.34. The Labute approximate surface area is 196 Å². The normalized spacial score (nSPS) is 10.4. The first-order valence-corrected chi connectivity index (χ1v) is 10.6. The Morgan fingerprint density at radius 2 is 1.53 bits per heavy atom. The lowest BCUT2D eigenvalue weighted by Crippen LogP contribution is -2.28. The largest absolute Gasteiger partial charge is 0.334 e. The van der Waals surface area contributed by atoms with Crippen LogP contribution >= 0.6 is 0 Å². The number of carbonyl (C=O) groups is 2. The number of rotatable bonds is 6. The fourth-order valence-corrected chi connectivity index (χ4v) is 3.34. The Bertz CT molecular complexity index is 1300. The number of urea groups is 2. The molecule has 0 aliphatic heterocycles. The minimum absolute atomic E-state index is 0.284. The lowest BCUT2D eigenvalue weighted by Gasteiger charge is -2.12. The van der Waals surface area contributed by atoms with Crippen LogP contribution in [0.25, 0.3) is 5.69 Å². The highest BCUT2D eigenvalue weighted by Crippen LogP contribution is 2.18. The first kappa shape index (κ1) is 22.5. The van der Waals surface area contributed by atoms with Crippen molar-refractivity contribution in [1.82, 2.24) is 25.5 Å². The quantitative estimate of drug-likeness (QED) is 0.345. The number of carbonyl (C=O) groups excluding carboxylic acids is 2. The van der Waals surface area contributed by atoms with Gasteiger partial charge in [0.05, 0.1) is 5.69 Å². The van der Waals surface area contributed by atoms with E-state index in [-0.39, 0.29) is 18.6 Å². The number of nitrogens with one attached hydrogen (secondary N) is 4. The first-order chi connectivity index (χ1) is 16.5. The second-order valence-electron chi connectivity index (χ2n) is 7.71. The molecule has 0 saturated heterocycles. The predicted octanol–water partition coefficient (Wildman–Crippen LogP) is 4.24. The number of amides is 4. The summed E-state index contributed by atoms with van der Waals surface area (Å²) in [6, 6.07) is 19.6. The highest BCUT2D eigenvalue weighted by Gasteiger charge is 2.08. The SMILES string of the molecule is Cc1cccc(NC(=O)Nc2cccc(CNC(=O)Nc3ccc(C)c(-n4cnnn4)c3)c2)c1. The summed E-state index contributed by atoms with van der Waals surface area (Å²) >= 11 is 0. The Morgan fingerprint density at radius 3 is 2.26 bits per heavy atom. The smallest absolute Gasteiger partial charge is 0.323 e. The summed E-state index contributed by atoms with van der Waals surface area (Å²) in [5, 5.41) is 22.4. The monoisotopic (exact) mass is 456 g/mol. The van der Waals surface area contributed by atoms with Crippen molar-refractivity contribution in [1.29, 1.82) is 0 Å². The number of aromatic nitrogens is 4. The van der Waals surface area contributed by atoms with Gasteiger partial charge in [-0.25, -0.2) is 14.3 Å². The van der Waals surface area contributed by atoms with Gasteiger partial charge in [0, 0.05) is 23.6 Å². The van der Waals surface area contributed by atoms with Gasteiger partial charge in [-0.3, -0.25) is 0 Å². The number of hydrogen-bond acceptors (Lipinski definition) is 5. The third kappa shape index (κ3) is 5.94. The number of nitrogens with zero attached hydrogens (tertiary/aromatic N) is 4. The van der Waals surface area contributed by atoms with Crippen LogP contribution in [0.1, 0.15) is 16.7 Å². The van der Waals surface area contributed by atoms with Gasteiger partial charge in [0.25, 0.3) is 0 Å². The zero-order valence-corrected chi connectivity index (χ0v) is 18.7. The Hall–Kier alpha value is -4.73. The average molecular weight is 457 g/mol. The highest BCUT2D eigenvalue weighted by molar-refractivity contribution is 5.99. The lowest BCUT2D eigenvalue weighted by molar-refractivity contribution is 0.251. The summed E-state index contributed by atoms with van der Waals surface area (Å²) in [6.07, 6.45) is 1.49. The summed E-state index contributed by atoms with van der Waals surface area (Å²) in [5.74, 6) is 0. The van der Waals surface area contributed by atoms with E-state index in [2.05, 4.69) is 36.8 Å². The molecule has 10 heteroatoms. The van der Waals surface area contributed by atoms with Gasteiger partial charge < -0.3 is 21.3 Å². The van der Waals surface area contributed by atoms with Gasteiger partial charge in [-0.1, -0.05) is 30.3 Å².